The lowest BCUT2D eigenvalue weighted by molar-refractivity contribution is 0.00931. The van der Waals surface area contributed by atoms with Crippen LogP contribution in [-0.2, 0) is 16.0 Å². The van der Waals surface area contributed by atoms with E-state index in [-0.39, 0.29) is 6.79 Å². The van der Waals surface area contributed by atoms with Crippen molar-refractivity contribution in [3.05, 3.63) is 23.8 Å². The van der Waals surface area contributed by atoms with Gasteiger partial charge < -0.3 is 24.3 Å². The van der Waals surface area contributed by atoms with Crippen molar-refractivity contribution >= 4 is 0 Å². The first kappa shape index (κ1) is 16.1. The molecule has 0 atom stereocenters. The first-order valence-electron chi connectivity index (χ1n) is 7.40. The third-order valence-corrected chi connectivity index (χ3v) is 3.42. The van der Waals surface area contributed by atoms with Crippen LogP contribution in [0.4, 0.5) is 0 Å². The summed E-state index contributed by atoms with van der Waals surface area (Å²) in [6.45, 7) is 3.31. The summed E-state index contributed by atoms with van der Waals surface area (Å²) < 4.78 is 21.5. The van der Waals surface area contributed by atoms with Crippen molar-refractivity contribution in [2.75, 3.05) is 40.8 Å². The first-order valence-corrected chi connectivity index (χ1v) is 7.40. The lowest BCUT2D eigenvalue weighted by Gasteiger charge is -2.14. The van der Waals surface area contributed by atoms with E-state index < -0.39 is 0 Å². The lowest BCUT2D eigenvalue weighted by Crippen LogP contribution is -2.19. The number of hydrogen-bond acceptors (Lipinski definition) is 5. The lowest BCUT2D eigenvalue weighted by atomic mass is 10.2. The summed E-state index contributed by atoms with van der Waals surface area (Å²) in [5.74, 6) is 2.33. The number of rotatable bonds is 11. The average Bonchev–Trinajstić information content (AvgIpc) is 3.33. The second-order valence-corrected chi connectivity index (χ2v) is 5.22. The third-order valence-electron chi connectivity index (χ3n) is 3.42. The van der Waals surface area contributed by atoms with Crippen molar-refractivity contribution < 1.29 is 18.9 Å². The second kappa shape index (κ2) is 8.87. The molecule has 2 rings (SSSR count). The summed E-state index contributed by atoms with van der Waals surface area (Å²) in [5, 5.41) is 3.31. The molecule has 0 radical (unpaired) electrons. The predicted octanol–water partition coefficient (Wildman–Crippen LogP) is 2.19. The molecule has 1 aromatic rings. The molecule has 0 amide bonds. The van der Waals surface area contributed by atoms with Gasteiger partial charge in [-0.05, 0) is 24.8 Å². The van der Waals surface area contributed by atoms with Crippen LogP contribution in [0.1, 0.15) is 18.4 Å². The minimum absolute atomic E-state index is 0.286. The van der Waals surface area contributed by atoms with Gasteiger partial charge in [0.2, 0.25) is 0 Å². The molecule has 0 spiro atoms. The van der Waals surface area contributed by atoms with E-state index in [2.05, 4.69) is 5.32 Å². The van der Waals surface area contributed by atoms with Crippen LogP contribution in [0.15, 0.2) is 18.2 Å². The van der Waals surface area contributed by atoms with Gasteiger partial charge in [0, 0.05) is 31.8 Å². The number of methoxy groups -OCH3 is 2. The molecule has 5 heteroatoms. The minimum Gasteiger partial charge on any atom is -0.497 e. The van der Waals surface area contributed by atoms with Crippen molar-refractivity contribution in [1.82, 2.24) is 5.32 Å². The number of hydrogen-bond donors (Lipinski definition) is 1. The van der Waals surface area contributed by atoms with E-state index in [1.807, 2.05) is 18.2 Å². The smallest absolute Gasteiger partial charge is 0.189 e. The highest BCUT2D eigenvalue weighted by Crippen LogP contribution is 2.29. The van der Waals surface area contributed by atoms with Gasteiger partial charge in [-0.1, -0.05) is 6.07 Å². The van der Waals surface area contributed by atoms with Gasteiger partial charge in [-0.15, -0.1) is 0 Å². The molecule has 1 aliphatic carbocycles. The Labute approximate surface area is 126 Å². The number of nitrogens with one attached hydrogen (secondary N) is 1. The van der Waals surface area contributed by atoms with E-state index in [4.69, 9.17) is 18.9 Å². The number of benzene rings is 1. The van der Waals surface area contributed by atoms with Gasteiger partial charge in [-0.3, -0.25) is 0 Å². The van der Waals surface area contributed by atoms with Crippen LogP contribution < -0.4 is 14.8 Å². The van der Waals surface area contributed by atoms with Crippen LogP contribution in [0, 0.1) is 5.92 Å². The zero-order valence-electron chi connectivity index (χ0n) is 12.9. The minimum atomic E-state index is 0.286. The largest absolute Gasteiger partial charge is 0.497 e. The highest BCUT2D eigenvalue weighted by atomic mass is 16.7. The van der Waals surface area contributed by atoms with Crippen molar-refractivity contribution in [2.45, 2.75) is 19.4 Å². The Balaban J connectivity index is 1.83. The summed E-state index contributed by atoms with van der Waals surface area (Å²) in [4.78, 5) is 0. The van der Waals surface area contributed by atoms with Crippen LogP contribution in [0.3, 0.4) is 0 Å². The van der Waals surface area contributed by atoms with Gasteiger partial charge in [0.05, 0.1) is 20.3 Å². The van der Waals surface area contributed by atoms with E-state index >= 15 is 0 Å². The van der Waals surface area contributed by atoms with Gasteiger partial charge in [-0.2, -0.15) is 0 Å². The monoisotopic (exact) mass is 295 g/mol. The van der Waals surface area contributed by atoms with Gasteiger partial charge in [-0.25, -0.2) is 0 Å². The Kier molecular flexibility index (Phi) is 6.79. The van der Waals surface area contributed by atoms with Crippen molar-refractivity contribution in [3.63, 3.8) is 0 Å². The number of ether oxygens (including phenoxy) is 4. The van der Waals surface area contributed by atoms with E-state index in [1.54, 1.807) is 14.2 Å². The van der Waals surface area contributed by atoms with Crippen LogP contribution >= 0.6 is 0 Å². The molecule has 1 N–H and O–H groups in total. The van der Waals surface area contributed by atoms with Gasteiger partial charge >= 0.3 is 0 Å². The van der Waals surface area contributed by atoms with Crippen molar-refractivity contribution in [3.8, 4) is 11.5 Å². The molecular formula is C16H25NO4. The normalized spacial score (nSPS) is 14.2. The highest BCUT2D eigenvalue weighted by molar-refractivity contribution is 5.40. The molecule has 0 saturated heterocycles. The standard InChI is InChI=1S/C16H25NO4/c1-18-8-7-17-10-14-5-6-15(19-2)9-16(14)21-12-20-11-13-3-4-13/h5-6,9,13,17H,3-4,7-8,10-12H2,1-2H3. The van der Waals surface area contributed by atoms with Gasteiger partial charge in [0.15, 0.2) is 6.79 Å². The molecule has 5 nitrogen and oxygen atoms in total. The van der Waals surface area contributed by atoms with Crippen LogP contribution in [0.2, 0.25) is 0 Å². The molecule has 0 heterocycles. The molecule has 1 fully saturated rings. The Morgan fingerprint density at radius 3 is 2.81 bits per heavy atom. The summed E-state index contributed by atoms with van der Waals surface area (Å²) in [7, 11) is 3.35. The van der Waals surface area contributed by atoms with Gasteiger partial charge in [0.1, 0.15) is 11.5 Å². The van der Waals surface area contributed by atoms with Crippen LogP contribution in [0.5, 0.6) is 11.5 Å². The zero-order valence-corrected chi connectivity index (χ0v) is 12.9. The zero-order chi connectivity index (χ0) is 14.9. The molecule has 21 heavy (non-hydrogen) atoms. The fourth-order valence-corrected chi connectivity index (χ4v) is 1.94. The van der Waals surface area contributed by atoms with E-state index in [0.29, 0.717) is 6.61 Å². The van der Waals surface area contributed by atoms with E-state index in [9.17, 15) is 0 Å². The van der Waals surface area contributed by atoms with Gasteiger partial charge in [0.25, 0.3) is 0 Å². The van der Waals surface area contributed by atoms with Crippen molar-refractivity contribution in [2.24, 2.45) is 5.92 Å². The third kappa shape index (κ3) is 5.91. The Morgan fingerprint density at radius 1 is 1.24 bits per heavy atom. The maximum Gasteiger partial charge on any atom is 0.189 e. The van der Waals surface area contributed by atoms with Crippen LogP contribution in [-0.4, -0.2) is 40.8 Å². The Hall–Kier alpha value is -1.30. The van der Waals surface area contributed by atoms with Crippen LogP contribution in [0.25, 0.3) is 0 Å². The summed E-state index contributed by atoms with van der Waals surface area (Å²) in [5.41, 5.74) is 1.09. The van der Waals surface area contributed by atoms with E-state index in [0.717, 1.165) is 42.7 Å². The fourth-order valence-electron chi connectivity index (χ4n) is 1.94. The Morgan fingerprint density at radius 2 is 2.10 bits per heavy atom. The SMILES string of the molecule is COCCNCc1ccc(OC)cc1OCOCC1CC1. The molecule has 0 unspecified atom stereocenters. The predicted molar refractivity (Wildman–Crippen MR) is 80.7 cm³/mol. The molecule has 0 bridgehead atoms. The summed E-state index contributed by atoms with van der Waals surface area (Å²) >= 11 is 0. The molecular weight excluding hydrogens is 270 g/mol. The first-order chi connectivity index (χ1) is 10.3. The Bertz CT molecular complexity index is 421. The maximum absolute atomic E-state index is 5.74. The molecule has 1 aromatic carbocycles. The second-order valence-electron chi connectivity index (χ2n) is 5.22. The fraction of sp³-hybridized carbons (Fsp3) is 0.625. The molecule has 118 valence electrons. The summed E-state index contributed by atoms with van der Waals surface area (Å²) in [6, 6.07) is 5.84. The molecule has 1 saturated carbocycles. The average molecular weight is 295 g/mol. The topological polar surface area (TPSA) is 49.0 Å². The molecule has 0 aromatic heterocycles. The molecule has 0 aliphatic heterocycles. The molecule has 1 aliphatic rings. The van der Waals surface area contributed by atoms with E-state index in [1.165, 1.54) is 12.8 Å². The quantitative estimate of drug-likeness (QED) is 0.501. The highest BCUT2D eigenvalue weighted by Gasteiger charge is 2.21. The maximum atomic E-state index is 5.74. The summed E-state index contributed by atoms with van der Waals surface area (Å²) in [6.07, 6.45) is 2.57. The van der Waals surface area contributed by atoms with Crippen molar-refractivity contribution in [1.29, 1.82) is 0 Å².